The number of halogens is 2. The largest absolute Gasteiger partial charge is 0.479 e. The van der Waals surface area contributed by atoms with E-state index in [1.54, 1.807) is 37.3 Å². The molecule has 0 bridgehead atoms. The lowest BCUT2D eigenvalue weighted by atomic mass is 10.1. The van der Waals surface area contributed by atoms with E-state index in [-0.39, 0.29) is 34.6 Å². The topological polar surface area (TPSA) is 84.9 Å². The van der Waals surface area contributed by atoms with Crippen LogP contribution >= 0.6 is 23.2 Å². The first-order chi connectivity index (χ1) is 13.9. The van der Waals surface area contributed by atoms with Gasteiger partial charge in [-0.2, -0.15) is 0 Å². The molecule has 1 saturated heterocycles. The summed E-state index contributed by atoms with van der Waals surface area (Å²) >= 11 is 12.4. The van der Waals surface area contributed by atoms with Crippen molar-refractivity contribution in [3.05, 3.63) is 63.6 Å². The summed E-state index contributed by atoms with van der Waals surface area (Å²) in [6, 6.07) is 11.7. The summed E-state index contributed by atoms with van der Waals surface area (Å²) in [5.41, 5.74) is 3.40. The summed E-state index contributed by atoms with van der Waals surface area (Å²) < 4.78 is 10.1. The molecule has 0 saturated carbocycles. The van der Waals surface area contributed by atoms with E-state index in [4.69, 9.17) is 32.7 Å². The Balaban J connectivity index is 1.82. The molecule has 7 nitrogen and oxygen atoms in total. The van der Waals surface area contributed by atoms with Crippen LogP contribution in [0.15, 0.2) is 48.0 Å². The second-order valence-corrected chi connectivity index (χ2v) is 6.70. The number of para-hydroxylation sites is 1. The minimum Gasteiger partial charge on any atom is -0.479 e. The van der Waals surface area contributed by atoms with Crippen molar-refractivity contribution < 1.29 is 23.9 Å². The van der Waals surface area contributed by atoms with Crippen LogP contribution < -0.4 is 15.2 Å². The fraction of sp³-hybridized carbons (Fsp3) is 0.150. The number of hydrazine groups is 1. The first-order valence-electron chi connectivity index (χ1n) is 8.60. The average molecular weight is 435 g/mol. The molecule has 1 heterocycles. The van der Waals surface area contributed by atoms with Crippen LogP contribution in [0.5, 0.6) is 5.75 Å². The van der Waals surface area contributed by atoms with Gasteiger partial charge in [0.1, 0.15) is 5.57 Å². The molecule has 2 amide bonds. The van der Waals surface area contributed by atoms with Gasteiger partial charge in [0.05, 0.1) is 22.3 Å². The van der Waals surface area contributed by atoms with E-state index in [1.807, 2.05) is 0 Å². The molecule has 0 aliphatic carbocycles. The lowest BCUT2D eigenvalue weighted by molar-refractivity contribution is -0.145. The van der Waals surface area contributed by atoms with E-state index < -0.39 is 17.8 Å². The number of esters is 1. The minimum atomic E-state index is -0.556. The lowest BCUT2D eigenvalue weighted by Gasteiger charge is -2.13. The predicted octanol–water partition coefficient (Wildman–Crippen LogP) is 3.40. The molecule has 9 heteroatoms. The zero-order valence-electron chi connectivity index (χ0n) is 15.3. The second kappa shape index (κ2) is 8.98. The third kappa shape index (κ3) is 4.70. The van der Waals surface area contributed by atoms with Crippen molar-refractivity contribution in [3.8, 4) is 5.75 Å². The third-order valence-electron chi connectivity index (χ3n) is 3.88. The molecule has 1 N–H and O–H groups in total. The summed E-state index contributed by atoms with van der Waals surface area (Å²) in [4.78, 5) is 36.3. The van der Waals surface area contributed by atoms with Crippen LogP contribution in [0.3, 0.4) is 0 Å². The number of nitrogens with one attached hydrogen (secondary N) is 1. The fourth-order valence-corrected chi connectivity index (χ4v) is 3.23. The van der Waals surface area contributed by atoms with Crippen LogP contribution in [0.4, 0.5) is 5.69 Å². The van der Waals surface area contributed by atoms with Crippen molar-refractivity contribution in [1.29, 1.82) is 0 Å². The van der Waals surface area contributed by atoms with Crippen molar-refractivity contribution in [3.63, 3.8) is 0 Å². The van der Waals surface area contributed by atoms with Crippen LogP contribution in [-0.4, -0.2) is 31.0 Å². The van der Waals surface area contributed by atoms with E-state index in [0.29, 0.717) is 11.3 Å². The van der Waals surface area contributed by atoms with E-state index in [9.17, 15) is 14.4 Å². The molecular formula is C20H16Cl2N2O5. The van der Waals surface area contributed by atoms with Crippen LogP contribution in [0, 0.1) is 0 Å². The Morgan fingerprint density at radius 2 is 1.79 bits per heavy atom. The number of nitrogens with zero attached hydrogens (tertiary/aromatic N) is 1. The zero-order valence-corrected chi connectivity index (χ0v) is 16.8. The summed E-state index contributed by atoms with van der Waals surface area (Å²) in [5, 5.41) is 1.41. The Labute approximate surface area is 176 Å². The third-order valence-corrected chi connectivity index (χ3v) is 4.44. The van der Waals surface area contributed by atoms with Crippen molar-refractivity contribution in [2.75, 3.05) is 18.2 Å². The number of amides is 2. The van der Waals surface area contributed by atoms with Crippen molar-refractivity contribution in [1.82, 2.24) is 5.43 Å². The molecule has 2 aromatic rings. The molecular weight excluding hydrogens is 419 g/mol. The van der Waals surface area contributed by atoms with E-state index >= 15 is 0 Å². The van der Waals surface area contributed by atoms with Gasteiger partial charge in [-0.25, -0.2) is 9.80 Å². The van der Waals surface area contributed by atoms with Gasteiger partial charge in [-0.1, -0.05) is 41.4 Å². The number of hydrogen-bond donors (Lipinski definition) is 1. The van der Waals surface area contributed by atoms with Gasteiger partial charge in [0, 0.05) is 0 Å². The number of hydrogen-bond acceptors (Lipinski definition) is 5. The van der Waals surface area contributed by atoms with Gasteiger partial charge in [0.25, 0.3) is 11.8 Å². The van der Waals surface area contributed by atoms with Crippen molar-refractivity contribution >= 4 is 52.7 Å². The molecule has 3 rings (SSSR count). The number of anilines is 1. The highest BCUT2D eigenvalue weighted by Crippen LogP contribution is 2.35. The van der Waals surface area contributed by atoms with Gasteiger partial charge in [0.2, 0.25) is 0 Å². The molecule has 0 unspecified atom stereocenters. The number of carbonyl (C=O) groups excluding carboxylic acids is 3. The number of ether oxygens (including phenoxy) is 2. The number of rotatable bonds is 6. The van der Waals surface area contributed by atoms with Gasteiger partial charge in [-0.15, -0.1) is 0 Å². The predicted molar refractivity (Wildman–Crippen MR) is 109 cm³/mol. The molecule has 0 atom stereocenters. The number of carbonyl (C=O) groups is 3. The van der Waals surface area contributed by atoms with Gasteiger partial charge < -0.3 is 9.47 Å². The molecule has 0 aromatic heterocycles. The smallest absolute Gasteiger partial charge is 0.344 e. The highest BCUT2D eigenvalue weighted by atomic mass is 35.5. The maximum atomic E-state index is 12.6. The average Bonchev–Trinajstić information content (AvgIpc) is 2.96. The minimum absolute atomic E-state index is 0.0684. The monoisotopic (exact) mass is 434 g/mol. The molecule has 1 fully saturated rings. The quantitative estimate of drug-likeness (QED) is 0.427. The van der Waals surface area contributed by atoms with E-state index in [0.717, 1.165) is 5.01 Å². The summed E-state index contributed by atoms with van der Waals surface area (Å²) in [7, 11) is 0. The van der Waals surface area contributed by atoms with Crippen LogP contribution in [-0.2, 0) is 19.1 Å². The van der Waals surface area contributed by atoms with Gasteiger partial charge in [0.15, 0.2) is 12.4 Å². The van der Waals surface area contributed by atoms with Crippen molar-refractivity contribution in [2.45, 2.75) is 6.92 Å². The van der Waals surface area contributed by atoms with Gasteiger partial charge in [-0.3, -0.25) is 15.0 Å². The Bertz CT molecular complexity index is 969. The standard InChI is InChI=1S/C20H16Cl2N2O5/c1-2-28-17(25)11-29-18-15(21)9-12(10-16(18)22)8-14-19(26)23-24(20(14)27)13-6-4-3-5-7-13/h3-10H,2,11H2,1H3,(H,23,26)/b14-8-. The molecule has 0 radical (unpaired) electrons. The first-order valence-corrected chi connectivity index (χ1v) is 9.36. The Morgan fingerprint density at radius 3 is 2.41 bits per heavy atom. The fourth-order valence-electron chi connectivity index (χ4n) is 2.62. The summed E-state index contributed by atoms with van der Waals surface area (Å²) in [5.74, 6) is -1.50. The zero-order chi connectivity index (χ0) is 21.0. The molecule has 1 aliphatic heterocycles. The van der Waals surface area contributed by atoms with Crippen LogP contribution in [0.2, 0.25) is 10.0 Å². The Hall–Kier alpha value is -3.03. The summed E-state index contributed by atoms with van der Waals surface area (Å²) in [6.45, 7) is 1.56. The van der Waals surface area contributed by atoms with Crippen LogP contribution in [0.1, 0.15) is 12.5 Å². The van der Waals surface area contributed by atoms with Gasteiger partial charge in [-0.05, 0) is 42.8 Å². The lowest BCUT2D eigenvalue weighted by Crippen LogP contribution is -2.35. The maximum Gasteiger partial charge on any atom is 0.344 e. The molecule has 29 heavy (non-hydrogen) atoms. The molecule has 2 aromatic carbocycles. The normalized spacial score (nSPS) is 14.9. The van der Waals surface area contributed by atoms with Crippen LogP contribution in [0.25, 0.3) is 6.08 Å². The van der Waals surface area contributed by atoms with Crippen molar-refractivity contribution in [2.24, 2.45) is 0 Å². The first kappa shape index (κ1) is 20.7. The maximum absolute atomic E-state index is 12.6. The molecule has 1 aliphatic rings. The van der Waals surface area contributed by atoms with E-state index in [2.05, 4.69) is 5.43 Å². The SMILES string of the molecule is CCOC(=O)COc1c(Cl)cc(/C=C2/C(=O)NN(c3ccccc3)C2=O)cc1Cl. The van der Waals surface area contributed by atoms with Gasteiger partial charge >= 0.3 is 5.97 Å². The summed E-state index contributed by atoms with van der Waals surface area (Å²) in [6.07, 6.45) is 1.38. The molecule has 0 spiro atoms. The Kier molecular flexibility index (Phi) is 6.41. The number of benzene rings is 2. The highest BCUT2D eigenvalue weighted by Gasteiger charge is 2.34. The Morgan fingerprint density at radius 1 is 1.14 bits per heavy atom. The van der Waals surface area contributed by atoms with E-state index in [1.165, 1.54) is 18.2 Å². The highest BCUT2D eigenvalue weighted by molar-refractivity contribution is 6.37. The molecule has 150 valence electrons. The second-order valence-electron chi connectivity index (χ2n) is 5.88.